The van der Waals surface area contributed by atoms with Crippen molar-refractivity contribution in [2.75, 3.05) is 11.9 Å². The van der Waals surface area contributed by atoms with Gasteiger partial charge in [0, 0.05) is 22.1 Å². The average Bonchev–Trinajstić information content (AvgIpc) is 2.40. The standard InChI is InChI=1S/C14H17BrN2O3/c1-8-6-9(4-5-16-8)13(18)17-10-2-3-12(15)11(7-10)14(19)20/h2-3,7-9,16H,4-6H2,1H3,(H,17,18)(H,19,20). The maximum atomic E-state index is 12.2. The van der Waals surface area contributed by atoms with Crippen LogP contribution < -0.4 is 10.6 Å². The van der Waals surface area contributed by atoms with E-state index in [1.54, 1.807) is 12.1 Å². The lowest BCUT2D eigenvalue weighted by Crippen LogP contribution is -2.40. The summed E-state index contributed by atoms with van der Waals surface area (Å²) in [5, 5.41) is 15.2. The molecule has 1 aliphatic rings. The topological polar surface area (TPSA) is 78.4 Å². The number of carboxylic acids is 1. The van der Waals surface area contributed by atoms with Crippen molar-refractivity contribution in [2.24, 2.45) is 5.92 Å². The Morgan fingerprint density at radius 3 is 2.85 bits per heavy atom. The number of carboxylic acid groups (broad SMARTS) is 1. The molecule has 2 atom stereocenters. The Hall–Kier alpha value is -1.40. The summed E-state index contributed by atoms with van der Waals surface area (Å²) in [6.07, 6.45) is 1.60. The number of anilines is 1. The molecule has 1 aromatic rings. The van der Waals surface area contributed by atoms with E-state index >= 15 is 0 Å². The van der Waals surface area contributed by atoms with Crippen molar-refractivity contribution in [1.82, 2.24) is 5.32 Å². The lowest BCUT2D eigenvalue weighted by atomic mass is 9.92. The van der Waals surface area contributed by atoms with Gasteiger partial charge in [-0.1, -0.05) is 0 Å². The second-order valence-corrected chi connectivity index (χ2v) is 5.92. The molecule has 3 N–H and O–H groups in total. The van der Waals surface area contributed by atoms with E-state index in [4.69, 9.17) is 5.11 Å². The molecule has 2 unspecified atom stereocenters. The average molecular weight is 341 g/mol. The predicted octanol–water partition coefficient (Wildman–Crippen LogP) is 2.47. The Bertz CT molecular complexity index is 533. The van der Waals surface area contributed by atoms with Crippen LogP contribution in [0.2, 0.25) is 0 Å². The zero-order chi connectivity index (χ0) is 14.7. The summed E-state index contributed by atoms with van der Waals surface area (Å²) >= 11 is 3.18. The van der Waals surface area contributed by atoms with Crippen molar-refractivity contribution >= 4 is 33.5 Å². The molecule has 5 nitrogen and oxygen atoms in total. The molecular formula is C14H17BrN2O3. The molecular weight excluding hydrogens is 324 g/mol. The molecule has 20 heavy (non-hydrogen) atoms. The van der Waals surface area contributed by atoms with Gasteiger partial charge in [0.1, 0.15) is 0 Å². The second kappa shape index (κ2) is 6.37. The summed E-state index contributed by atoms with van der Waals surface area (Å²) in [4.78, 5) is 23.2. The van der Waals surface area contributed by atoms with E-state index in [1.165, 1.54) is 6.07 Å². The van der Waals surface area contributed by atoms with Crippen LogP contribution in [0.15, 0.2) is 22.7 Å². The number of amides is 1. The maximum absolute atomic E-state index is 12.2. The first kappa shape index (κ1) is 15.0. The molecule has 0 bridgehead atoms. The van der Waals surface area contributed by atoms with Gasteiger partial charge in [-0.2, -0.15) is 0 Å². The summed E-state index contributed by atoms with van der Waals surface area (Å²) in [5.74, 6) is -1.09. The highest BCUT2D eigenvalue weighted by Crippen LogP contribution is 2.23. The highest BCUT2D eigenvalue weighted by atomic mass is 79.9. The number of nitrogens with one attached hydrogen (secondary N) is 2. The van der Waals surface area contributed by atoms with Gasteiger partial charge in [0.2, 0.25) is 5.91 Å². The van der Waals surface area contributed by atoms with Crippen molar-refractivity contribution in [3.05, 3.63) is 28.2 Å². The van der Waals surface area contributed by atoms with Gasteiger partial charge in [-0.15, -0.1) is 0 Å². The molecule has 0 radical (unpaired) electrons. The first-order valence-corrected chi connectivity index (χ1v) is 7.33. The molecule has 1 heterocycles. The third-order valence-electron chi connectivity index (χ3n) is 3.46. The van der Waals surface area contributed by atoms with Crippen molar-refractivity contribution in [3.8, 4) is 0 Å². The Labute approximate surface area is 125 Å². The summed E-state index contributed by atoms with van der Waals surface area (Å²) < 4.78 is 0.499. The molecule has 1 fully saturated rings. The van der Waals surface area contributed by atoms with Gasteiger partial charge in [0.15, 0.2) is 0 Å². The van der Waals surface area contributed by atoms with Crippen LogP contribution in [0.3, 0.4) is 0 Å². The van der Waals surface area contributed by atoms with E-state index in [2.05, 4.69) is 33.5 Å². The van der Waals surface area contributed by atoms with Crippen LogP contribution in [-0.2, 0) is 4.79 Å². The van der Waals surface area contributed by atoms with Crippen molar-refractivity contribution < 1.29 is 14.7 Å². The predicted molar refractivity (Wildman–Crippen MR) is 79.9 cm³/mol. The number of hydrogen-bond acceptors (Lipinski definition) is 3. The minimum atomic E-state index is -1.02. The highest BCUT2D eigenvalue weighted by molar-refractivity contribution is 9.10. The largest absolute Gasteiger partial charge is 0.478 e. The smallest absolute Gasteiger partial charge is 0.336 e. The molecule has 0 spiro atoms. The highest BCUT2D eigenvalue weighted by Gasteiger charge is 2.24. The van der Waals surface area contributed by atoms with Crippen molar-refractivity contribution in [1.29, 1.82) is 0 Å². The minimum absolute atomic E-state index is 0.0248. The molecule has 1 aromatic carbocycles. The summed E-state index contributed by atoms with van der Waals surface area (Å²) in [6.45, 7) is 2.89. The van der Waals surface area contributed by atoms with Crippen molar-refractivity contribution in [3.63, 3.8) is 0 Å². The SMILES string of the molecule is CC1CC(C(=O)Nc2ccc(Br)c(C(=O)O)c2)CCN1. The molecule has 2 rings (SSSR count). The Morgan fingerprint density at radius 1 is 1.45 bits per heavy atom. The van der Waals surface area contributed by atoms with E-state index in [0.29, 0.717) is 16.2 Å². The molecule has 0 aromatic heterocycles. The molecule has 0 saturated carbocycles. The fourth-order valence-corrected chi connectivity index (χ4v) is 2.80. The van der Waals surface area contributed by atoms with Crippen LogP contribution >= 0.6 is 15.9 Å². The number of carbonyl (C=O) groups excluding carboxylic acids is 1. The van der Waals surface area contributed by atoms with Gasteiger partial charge >= 0.3 is 5.97 Å². The molecule has 1 amide bonds. The van der Waals surface area contributed by atoms with E-state index in [9.17, 15) is 9.59 Å². The Kier molecular flexibility index (Phi) is 4.77. The minimum Gasteiger partial charge on any atom is -0.478 e. The monoisotopic (exact) mass is 340 g/mol. The van der Waals surface area contributed by atoms with Gasteiger partial charge in [0.25, 0.3) is 0 Å². The van der Waals surface area contributed by atoms with E-state index < -0.39 is 5.97 Å². The number of carbonyl (C=O) groups is 2. The number of piperidine rings is 1. The van der Waals surface area contributed by atoms with Crippen molar-refractivity contribution in [2.45, 2.75) is 25.8 Å². The molecule has 6 heteroatoms. The lowest BCUT2D eigenvalue weighted by molar-refractivity contribution is -0.120. The van der Waals surface area contributed by atoms with E-state index in [-0.39, 0.29) is 17.4 Å². The fourth-order valence-electron chi connectivity index (χ4n) is 2.38. The fraction of sp³-hybridized carbons (Fsp3) is 0.429. The zero-order valence-electron chi connectivity index (χ0n) is 11.1. The number of aromatic carboxylic acids is 1. The van der Waals surface area contributed by atoms with Crippen LogP contribution in [0.5, 0.6) is 0 Å². The molecule has 0 aliphatic carbocycles. The third kappa shape index (κ3) is 3.58. The number of rotatable bonds is 3. The molecule has 108 valence electrons. The Morgan fingerprint density at radius 2 is 2.20 bits per heavy atom. The van der Waals surface area contributed by atoms with Gasteiger partial charge in [-0.3, -0.25) is 4.79 Å². The van der Waals surface area contributed by atoms with Crippen LogP contribution in [0.25, 0.3) is 0 Å². The van der Waals surface area contributed by atoms with Crippen LogP contribution in [0.1, 0.15) is 30.1 Å². The van der Waals surface area contributed by atoms with Gasteiger partial charge in [-0.25, -0.2) is 4.79 Å². The summed E-state index contributed by atoms with van der Waals surface area (Å²) in [6, 6.07) is 5.12. The van der Waals surface area contributed by atoms with Gasteiger partial charge in [-0.05, 0) is 60.4 Å². The second-order valence-electron chi connectivity index (χ2n) is 5.07. The first-order chi connectivity index (χ1) is 9.47. The lowest BCUT2D eigenvalue weighted by Gasteiger charge is -2.27. The molecule has 1 aliphatic heterocycles. The quantitative estimate of drug-likeness (QED) is 0.789. The summed E-state index contributed by atoms with van der Waals surface area (Å²) in [5.41, 5.74) is 0.656. The van der Waals surface area contributed by atoms with Crippen LogP contribution in [0, 0.1) is 5.92 Å². The van der Waals surface area contributed by atoms with Crippen LogP contribution in [-0.4, -0.2) is 29.6 Å². The van der Waals surface area contributed by atoms with Gasteiger partial charge in [0.05, 0.1) is 5.56 Å². The maximum Gasteiger partial charge on any atom is 0.336 e. The van der Waals surface area contributed by atoms with E-state index in [0.717, 1.165) is 19.4 Å². The van der Waals surface area contributed by atoms with Crippen LogP contribution in [0.4, 0.5) is 5.69 Å². The summed E-state index contributed by atoms with van der Waals surface area (Å²) in [7, 11) is 0. The number of hydrogen-bond donors (Lipinski definition) is 3. The first-order valence-electron chi connectivity index (χ1n) is 6.54. The number of halogens is 1. The van der Waals surface area contributed by atoms with E-state index in [1.807, 2.05) is 0 Å². The normalized spacial score (nSPS) is 22.3. The van der Waals surface area contributed by atoms with Gasteiger partial charge < -0.3 is 15.7 Å². The zero-order valence-corrected chi connectivity index (χ0v) is 12.7. The Balaban J connectivity index is 2.07. The third-order valence-corrected chi connectivity index (χ3v) is 4.15. The number of benzene rings is 1. The molecule has 1 saturated heterocycles.